The monoisotopic (exact) mass is 195 g/mol. The van der Waals surface area contributed by atoms with Crippen LogP contribution in [0.4, 0.5) is 11.5 Å². The van der Waals surface area contributed by atoms with Crippen LogP contribution in [0.25, 0.3) is 0 Å². The number of hydrogen-bond acceptors (Lipinski definition) is 4. The highest BCUT2D eigenvalue weighted by atomic mass is 16.4. The molecular weight excluding hydrogens is 182 g/mol. The number of carbonyl (C=O) groups is 1. The van der Waals surface area contributed by atoms with Gasteiger partial charge in [-0.3, -0.25) is 4.79 Å². The fraction of sp³-hybridized carbons (Fsp3) is 0.333. The van der Waals surface area contributed by atoms with E-state index in [1.165, 1.54) is 0 Å². The maximum Gasteiger partial charge on any atom is 0.323 e. The van der Waals surface area contributed by atoms with E-state index >= 15 is 0 Å². The minimum Gasteiger partial charge on any atom is -0.480 e. The van der Waals surface area contributed by atoms with Gasteiger partial charge in [0.15, 0.2) is 0 Å². The molecule has 14 heavy (non-hydrogen) atoms. The molecule has 0 radical (unpaired) electrons. The van der Waals surface area contributed by atoms with Crippen LogP contribution in [0.5, 0.6) is 0 Å². The molecule has 0 amide bonds. The van der Waals surface area contributed by atoms with Crippen LogP contribution in [-0.2, 0) is 4.79 Å². The van der Waals surface area contributed by atoms with Crippen molar-refractivity contribution >= 4 is 17.5 Å². The lowest BCUT2D eigenvalue weighted by atomic mass is 10.2. The van der Waals surface area contributed by atoms with Crippen molar-refractivity contribution in [2.24, 2.45) is 0 Å². The van der Waals surface area contributed by atoms with Crippen molar-refractivity contribution in [1.82, 2.24) is 4.98 Å². The summed E-state index contributed by atoms with van der Waals surface area (Å²) in [4.78, 5) is 16.0. The van der Waals surface area contributed by atoms with Gasteiger partial charge in [-0.2, -0.15) is 0 Å². The van der Waals surface area contributed by atoms with Crippen LogP contribution < -0.4 is 10.6 Å². The molecule has 1 rings (SSSR count). The van der Waals surface area contributed by atoms with Crippen LogP contribution in [0.1, 0.15) is 5.56 Å². The Morgan fingerprint density at radius 1 is 1.71 bits per heavy atom. The van der Waals surface area contributed by atoms with Gasteiger partial charge >= 0.3 is 5.97 Å². The molecule has 0 unspecified atom stereocenters. The van der Waals surface area contributed by atoms with E-state index in [1.807, 2.05) is 6.92 Å². The van der Waals surface area contributed by atoms with Gasteiger partial charge in [-0.05, 0) is 18.6 Å². The number of anilines is 2. The Labute approximate surface area is 82.2 Å². The second-order valence-electron chi connectivity index (χ2n) is 3.15. The summed E-state index contributed by atoms with van der Waals surface area (Å²) in [6.45, 7) is 1.82. The first-order valence-corrected chi connectivity index (χ1v) is 4.15. The molecule has 3 N–H and O–H groups in total. The van der Waals surface area contributed by atoms with Gasteiger partial charge in [-0.1, -0.05) is 0 Å². The Balaban J connectivity index is 2.90. The van der Waals surface area contributed by atoms with Gasteiger partial charge in [-0.25, -0.2) is 4.98 Å². The standard InChI is InChI=1S/C9H13N3O2/c1-6-3-8(10)11-4-7(6)12(2)5-9(13)14/h3-4H,5H2,1-2H3,(H2,10,11)(H,13,14). The summed E-state index contributed by atoms with van der Waals surface area (Å²) in [6, 6.07) is 1.72. The first-order valence-electron chi connectivity index (χ1n) is 4.15. The van der Waals surface area contributed by atoms with Crippen molar-refractivity contribution in [1.29, 1.82) is 0 Å². The molecule has 0 fully saturated rings. The molecule has 1 heterocycles. The van der Waals surface area contributed by atoms with Crippen LogP contribution in [0, 0.1) is 6.92 Å². The maximum atomic E-state index is 10.5. The quantitative estimate of drug-likeness (QED) is 0.733. The normalized spacial score (nSPS) is 9.86. The third kappa shape index (κ3) is 2.35. The molecule has 5 nitrogen and oxygen atoms in total. The van der Waals surface area contributed by atoms with E-state index in [0.717, 1.165) is 11.3 Å². The number of nitrogens with two attached hydrogens (primary N) is 1. The fourth-order valence-electron chi connectivity index (χ4n) is 1.26. The zero-order valence-electron chi connectivity index (χ0n) is 8.19. The van der Waals surface area contributed by atoms with E-state index in [-0.39, 0.29) is 6.54 Å². The number of carboxylic acids is 1. The summed E-state index contributed by atoms with van der Waals surface area (Å²) in [5, 5.41) is 8.60. The molecule has 0 aliphatic heterocycles. The largest absolute Gasteiger partial charge is 0.480 e. The Morgan fingerprint density at radius 3 is 2.86 bits per heavy atom. The SMILES string of the molecule is Cc1cc(N)ncc1N(C)CC(=O)O. The average molecular weight is 195 g/mol. The highest BCUT2D eigenvalue weighted by molar-refractivity contribution is 5.74. The zero-order chi connectivity index (χ0) is 10.7. The molecule has 0 aliphatic carbocycles. The molecule has 1 aromatic heterocycles. The van der Waals surface area contributed by atoms with Gasteiger partial charge in [-0.15, -0.1) is 0 Å². The minimum absolute atomic E-state index is 0.0492. The lowest BCUT2D eigenvalue weighted by Crippen LogP contribution is -2.25. The second kappa shape index (κ2) is 3.95. The predicted molar refractivity (Wildman–Crippen MR) is 54.3 cm³/mol. The van der Waals surface area contributed by atoms with Crippen LogP contribution >= 0.6 is 0 Å². The highest BCUT2D eigenvalue weighted by Crippen LogP contribution is 2.18. The molecule has 0 atom stereocenters. The summed E-state index contributed by atoms with van der Waals surface area (Å²) in [5.41, 5.74) is 7.18. The molecule has 0 aromatic carbocycles. The Hall–Kier alpha value is -1.78. The molecule has 0 saturated heterocycles. The van der Waals surface area contributed by atoms with E-state index in [0.29, 0.717) is 5.82 Å². The smallest absolute Gasteiger partial charge is 0.323 e. The number of aryl methyl sites for hydroxylation is 1. The number of aliphatic carboxylic acids is 1. The van der Waals surface area contributed by atoms with E-state index in [1.54, 1.807) is 24.2 Å². The van der Waals surface area contributed by atoms with Gasteiger partial charge in [0, 0.05) is 7.05 Å². The number of nitrogens with zero attached hydrogens (tertiary/aromatic N) is 2. The molecule has 0 bridgehead atoms. The summed E-state index contributed by atoms with van der Waals surface area (Å²) >= 11 is 0. The fourth-order valence-corrected chi connectivity index (χ4v) is 1.26. The lowest BCUT2D eigenvalue weighted by Gasteiger charge is -2.18. The van der Waals surface area contributed by atoms with Gasteiger partial charge in [0.1, 0.15) is 12.4 Å². The number of aromatic nitrogens is 1. The zero-order valence-corrected chi connectivity index (χ0v) is 8.19. The number of likely N-dealkylation sites (N-methyl/N-ethyl adjacent to an activating group) is 1. The lowest BCUT2D eigenvalue weighted by molar-refractivity contribution is -0.135. The molecular formula is C9H13N3O2. The van der Waals surface area contributed by atoms with E-state index in [4.69, 9.17) is 10.8 Å². The molecule has 0 saturated carbocycles. The number of hydrogen-bond donors (Lipinski definition) is 2. The minimum atomic E-state index is -0.872. The Morgan fingerprint density at radius 2 is 2.36 bits per heavy atom. The molecule has 76 valence electrons. The summed E-state index contributed by atoms with van der Waals surface area (Å²) in [7, 11) is 1.70. The second-order valence-corrected chi connectivity index (χ2v) is 3.15. The topological polar surface area (TPSA) is 79.5 Å². The summed E-state index contributed by atoms with van der Waals surface area (Å²) < 4.78 is 0. The van der Waals surface area contributed by atoms with E-state index in [9.17, 15) is 4.79 Å². The predicted octanol–water partition coefficient (Wildman–Crippen LogP) is 0.493. The van der Waals surface area contributed by atoms with Crippen molar-refractivity contribution in [2.75, 3.05) is 24.2 Å². The van der Waals surface area contributed by atoms with Gasteiger partial charge in [0.05, 0.1) is 11.9 Å². The summed E-state index contributed by atoms with van der Waals surface area (Å²) in [6.07, 6.45) is 1.58. The summed E-state index contributed by atoms with van der Waals surface area (Å²) in [5.74, 6) is -0.432. The van der Waals surface area contributed by atoms with Crippen molar-refractivity contribution in [2.45, 2.75) is 6.92 Å². The Kier molecular flexibility index (Phi) is 2.91. The number of nitrogen functional groups attached to an aromatic ring is 1. The van der Waals surface area contributed by atoms with Crippen molar-refractivity contribution < 1.29 is 9.90 Å². The maximum absolute atomic E-state index is 10.5. The van der Waals surface area contributed by atoms with E-state index in [2.05, 4.69) is 4.98 Å². The van der Waals surface area contributed by atoms with Crippen LogP contribution in [0.3, 0.4) is 0 Å². The molecule has 0 aliphatic rings. The van der Waals surface area contributed by atoms with Crippen molar-refractivity contribution in [3.8, 4) is 0 Å². The van der Waals surface area contributed by atoms with Crippen molar-refractivity contribution in [3.05, 3.63) is 17.8 Å². The van der Waals surface area contributed by atoms with Crippen LogP contribution in [0.15, 0.2) is 12.3 Å². The highest BCUT2D eigenvalue weighted by Gasteiger charge is 2.08. The third-order valence-corrected chi connectivity index (χ3v) is 1.89. The Bertz CT molecular complexity index is 352. The van der Waals surface area contributed by atoms with Gasteiger partial charge in [0.25, 0.3) is 0 Å². The van der Waals surface area contributed by atoms with Gasteiger partial charge < -0.3 is 15.7 Å². The van der Waals surface area contributed by atoms with Gasteiger partial charge in [0.2, 0.25) is 0 Å². The average Bonchev–Trinajstić information content (AvgIpc) is 2.01. The molecule has 0 spiro atoms. The van der Waals surface area contributed by atoms with Crippen LogP contribution in [0.2, 0.25) is 0 Å². The number of pyridine rings is 1. The third-order valence-electron chi connectivity index (χ3n) is 1.89. The number of rotatable bonds is 3. The first kappa shape index (κ1) is 10.3. The first-order chi connectivity index (χ1) is 6.50. The molecule has 1 aromatic rings. The molecule has 5 heteroatoms. The number of carboxylic acid groups (broad SMARTS) is 1. The van der Waals surface area contributed by atoms with Crippen molar-refractivity contribution in [3.63, 3.8) is 0 Å². The van der Waals surface area contributed by atoms with Crippen LogP contribution in [-0.4, -0.2) is 29.7 Å². The van der Waals surface area contributed by atoms with E-state index < -0.39 is 5.97 Å².